The third kappa shape index (κ3) is 3.17. The molecule has 1 saturated heterocycles. The molecule has 0 N–H and O–H groups in total. The Morgan fingerprint density at radius 3 is 2.86 bits per heavy atom. The summed E-state index contributed by atoms with van der Waals surface area (Å²) in [5.74, 6) is 1.45. The van der Waals surface area contributed by atoms with Crippen LogP contribution in [0.5, 0.6) is 0 Å². The van der Waals surface area contributed by atoms with Gasteiger partial charge in [0.05, 0.1) is 12.7 Å². The lowest BCUT2D eigenvalue weighted by Gasteiger charge is -2.31. The summed E-state index contributed by atoms with van der Waals surface area (Å²) in [7, 11) is 0. The Labute approximate surface area is 129 Å². The van der Waals surface area contributed by atoms with Gasteiger partial charge in [-0.05, 0) is 13.8 Å². The minimum Gasteiger partial charge on any atom is -0.375 e. The van der Waals surface area contributed by atoms with Crippen LogP contribution in [0.1, 0.15) is 12.7 Å². The molecule has 1 aromatic heterocycles. The Bertz CT molecular complexity index is 653. The highest BCUT2D eigenvalue weighted by Crippen LogP contribution is 2.17. The van der Waals surface area contributed by atoms with E-state index in [0.717, 1.165) is 11.4 Å². The first kappa shape index (κ1) is 14.7. The second kappa shape index (κ2) is 6.27. The molecule has 0 radical (unpaired) electrons. The van der Waals surface area contributed by atoms with Gasteiger partial charge in [0.25, 0.3) is 0 Å². The van der Waals surface area contributed by atoms with E-state index in [-0.39, 0.29) is 18.6 Å². The highest BCUT2D eigenvalue weighted by Gasteiger charge is 2.23. The SMILES string of the molecule is Cc1nc(-c2ccccc2)n(CC(=O)N2CCOC(C)C2)n1. The topological polar surface area (TPSA) is 60.2 Å². The lowest BCUT2D eigenvalue weighted by Crippen LogP contribution is -2.45. The van der Waals surface area contributed by atoms with Gasteiger partial charge < -0.3 is 9.64 Å². The number of carbonyl (C=O) groups is 1. The van der Waals surface area contributed by atoms with Crippen LogP contribution >= 0.6 is 0 Å². The van der Waals surface area contributed by atoms with Gasteiger partial charge in [-0.3, -0.25) is 4.79 Å². The van der Waals surface area contributed by atoms with Gasteiger partial charge in [-0.25, -0.2) is 9.67 Å². The summed E-state index contributed by atoms with van der Waals surface area (Å²) < 4.78 is 7.16. The molecule has 1 aliphatic rings. The number of nitrogens with zero attached hydrogens (tertiary/aromatic N) is 4. The molecular formula is C16H20N4O2. The van der Waals surface area contributed by atoms with Crippen LogP contribution in [0.3, 0.4) is 0 Å². The predicted molar refractivity (Wildman–Crippen MR) is 82.2 cm³/mol. The van der Waals surface area contributed by atoms with E-state index in [1.165, 1.54) is 0 Å². The molecule has 0 bridgehead atoms. The largest absolute Gasteiger partial charge is 0.375 e. The summed E-state index contributed by atoms with van der Waals surface area (Å²) in [4.78, 5) is 18.8. The third-order valence-corrected chi connectivity index (χ3v) is 3.69. The van der Waals surface area contributed by atoms with Crippen molar-refractivity contribution in [3.63, 3.8) is 0 Å². The van der Waals surface area contributed by atoms with Crippen molar-refractivity contribution >= 4 is 5.91 Å². The number of carbonyl (C=O) groups excluding carboxylic acids is 1. The van der Waals surface area contributed by atoms with E-state index in [1.54, 1.807) is 4.68 Å². The molecule has 2 aromatic rings. The van der Waals surface area contributed by atoms with Crippen molar-refractivity contribution in [2.24, 2.45) is 0 Å². The first-order chi connectivity index (χ1) is 10.6. The number of hydrogen-bond donors (Lipinski definition) is 0. The lowest BCUT2D eigenvalue weighted by atomic mass is 10.2. The monoisotopic (exact) mass is 300 g/mol. The molecule has 22 heavy (non-hydrogen) atoms. The van der Waals surface area contributed by atoms with Gasteiger partial charge in [0.1, 0.15) is 12.4 Å². The van der Waals surface area contributed by atoms with Gasteiger partial charge in [0.15, 0.2) is 5.82 Å². The molecule has 2 heterocycles. The molecular weight excluding hydrogens is 280 g/mol. The van der Waals surface area contributed by atoms with Crippen molar-refractivity contribution in [2.75, 3.05) is 19.7 Å². The summed E-state index contributed by atoms with van der Waals surface area (Å²) in [6.45, 7) is 5.88. The van der Waals surface area contributed by atoms with Crippen molar-refractivity contribution < 1.29 is 9.53 Å². The summed E-state index contributed by atoms with van der Waals surface area (Å²) in [5, 5.41) is 4.37. The maximum absolute atomic E-state index is 12.5. The Morgan fingerprint density at radius 2 is 2.14 bits per heavy atom. The second-order valence-electron chi connectivity index (χ2n) is 5.53. The lowest BCUT2D eigenvalue weighted by molar-refractivity contribution is -0.138. The van der Waals surface area contributed by atoms with E-state index in [4.69, 9.17) is 4.74 Å². The Balaban J connectivity index is 1.79. The summed E-state index contributed by atoms with van der Waals surface area (Å²) in [6, 6.07) is 9.81. The molecule has 0 spiro atoms. The minimum atomic E-state index is 0.0530. The summed E-state index contributed by atoms with van der Waals surface area (Å²) >= 11 is 0. The summed E-state index contributed by atoms with van der Waals surface area (Å²) in [6.07, 6.45) is 0.0868. The van der Waals surface area contributed by atoms with Crippen LogP contribution in [0.2, 0.25) is 0 Å². The van der Waals surface area contributed by atoms with E-state index in [9.17, 15) is 4.79 Å². The van der Waals surface area contributed by atoms with Gasteiger partial charge in [0.2, 0.25) is 5.91 Å². The quantitative estimate of drug-likeness (QED) is 0.862. The van der Waals surface area contributed by atoms with Crippen molar-refractivity contribution in [1.82, 2.24) is 19.7 Å². The van der Waals surface area contributed by atoms with Crippen LogP contribution in [0.15, 0.2) is 30.3 Å². The van der Waals surface area contributed by atoms with Crippen LogP contribution < -0.4 is 0 Å². The Kier molecular flexibility index (Phi) is 4.20. The molecule has 0 saturated carbocycles. The molecule has 1 aliphatic heterocycles. The van der Waals surface area contributed by atoms with Crippen molar-refractivity contribution in [2.45, 2.75) is 26.5 Å². The molecule has 0 aliphatic carbocycles. The number of hydrogen-bond acceptors (Lipinski definition) is 4. The number of amides is 1. The van der Waals surface area contributed by atoms with Crippen LogP contribution in [0.4, 0.5) is 0 Å². The number of aryl methyl sites for hydroxylation is 1. The molecule has 1 fully saturated rings. The minimum absolute atomic E-state index is 0.0530. The van der Waals surface area contributed by atoms with Gasteiger partial charge >= 0.3 is 0 Å². The van der Waals surface area contributed by atoms with E-state index >= 15 is 0 Å². The smallest absolute Gasteiger partial charge is 0.244 e. The molecule has 6 heteroatoms. The first-order valence-corrected chi connectivity index (χ1v) is 7.50. The fourth-order valence-corrected chi connectivity index (χ4v) is 2.64. The van der Waals surface area contributed by atoms with Crippen LogP contribution in [-0.4, -0.2) is 51.4 Å². The standard InChI is InChI=1S/C16H20N4O2/c1-12-10-19(8-9-22-12)15(21)11-20-16(17-13(2)18-20)14-6-4-3-5-7-14/h3-7,12H,8-11H2,1-2H3. The van der Waals surface area contributed by atoms with E-state index < -0.39 is 0 Å². The fourth-order valence-electron chi connectivity index (χ4n) is 2.64. The maximum Gasteiger partial charge on any atom is 0.244 e. The van der Waals surface area contributed by atoms with Crippen LogP contribution in [0, 0.1) is 6.92 Å². The molecule has 1 atom stereocenters. The molecule has 1 unspecified atom stereocenters. The van der Waals surface area contributed by atoms with E-state index in [2.05, 4.69) is 10.1 Å². The molecule has 6 nitrogen and oxygen atoms in total. The molecule has 1 amide bonds. The second-order valence-corrected chi connectivity index (χ2v) is 5.53. The molecule has 116 valence electrons. The van der Waals surface area contributed by atoms with Gasteiger partial charge in [-0.2, -0.15) is 5.10 Å². The fraction of sp³-hybridized carbons (Fsp3) is 0.438. The van der Waals surface area contributed by atoms with E-state index in [0.29, 0.717) is 25.5 Å². The van der Waals surface area contributed by atoms with Crippen LogP contribution in [-0.2, 0) is 16.1 Å². The average Bonchev–Trinajstić information content (AvgIpc) is 2.88. The normalized spacial score (nSPS) is 18.5. The number of rotatable bonds is 3. The Morgan fingerprint density at radius 1 is 1.36 bits per heavy atom. The molecule has 1 aromatic carbocycles. The zero-order valence-electron chi connectivity index (χ0n) is 12.9. The number of morpholine rings is 1. The van der Waals surface area contributed by atoms with Crippen molar-refractivity contribution in [3.05, 3.63) is 36.2 Å². The average molecular weight is 300 g/mol. The number of benzene rings is 1. The van der Waals surface area contributed by atoms with Crippen LogP contribution in [0.25, 0.3) is 11.4 Å². The van der Waals surface area contributed by atoms with Crippen molar-refractivity contribution in [3.8, 4) is 11.4 Å². The summed E-state index contributed by atoms with van der Waals surface area (Å²) in [5.41, 5.74) is 0.964. The zero-order valence-corrected chi connectivity index (χ0v) is 12.9. The van der Waals surface area contributed by atoms with Gasteiger partial charge in [-0.1, -0.05) is 30.3 Å². The number of ether oxygens (including phenoxy) is 1. The Hall–Kier alpha value is -2.21. The zero-order chi connectivity index (χ0) is 15.5. The predicted octanol–water partition coefficient (Wildman–Crippen LogP) is 1.50. The number of aromatic nitrogens is 3. The first-order valence-electron chi connectivity index (χ1n) is 7.50. The highest BCUT2D eigenvalue weighted by molar-refractivity contribution is 5.76. The molecule has 3 rings (SSSR count). The highest BCUT2D eigenvalue weighted by atomic mass is 16.5. The van der Waals surface area contributed by atoms with Crippen molar-refractivity contribution in [1.29, 1.82) is 0 Å². The maximum atomic E-state index is 12.5. The van der Waals surface area contributed by atoms with Gasteiger partial charge in [0, 0.05) is 18.7 Å². The van der Waals surface area contributed by atoms with Gasteiger partial charge in [-0.15, -0.1) is 0 Å². The van der Waals surface area contributed by atoms with E-state index in [1.807, 2.05) is 49.1 Å². The third-order valence-electron chi connectivity index (χ3n) is 3.69.